The molecule has 0 heterocycles. The maximum atomic E-state index is 11.8. The number of nitrogens with one attached hydrogen (secondary N) is 1. The fourth-order valence-corrected chi connectivity index (χ4v) is 1.64. The molecular formula is C14H23N3O. The van der Waals surface area contributed by atoms with E-state index in [0.29, 0.717) is 12.1 Å². The summed E-state index contributed by atoms with van der Waals surface area (Å²) in [6.07, 6.45) is 1.85. The van der Waals surface area contributed by atoms with Crippen LogP contribution in [0.15, 0.2) is 24.3 Å². The van der Waals surface area contributed by atoms with Crippen molar-refractivity contribution in [3.05, 3.63) is 29.8 Å². The van der Waals surface area contributed by atoms with E-state index >= 15 is 0 Å². The summed E-state index contributed by atoms with van der Waals surface area (Å²) in [5, 5.41) is 2.89. The number of amides is 1. The molecule has 0 saturated heterocycles. The summed E-state index contributed by atoms with van der Waals surface area (Å²) in [4.78, 5) is 13.8. The van der Waals surface area contributed by atoms with Crippen LogP contribution in [0.3, 0.4) is 0 Å². The molecule has 1 amide bonds. The first-order valence-corrected chi connectivity index (χ1v) is 6.32. The van der Waals surface area contributed by atoms with Crippen LogP contribution in [-0.2, 0) is 0 Å². The number of rotatable bonds is 6. The Labute approximate surface area is 109 Å². The number of nitrogens with zero attached hydrogens (tertiary/aromatic N) is 1. The predicted molar refractivity (Wildman–Crippen MR) is 76.0 cm³/mol. The van der Waals surface area contributed by atoms with Crippen molar-refractivity contribution in [3.8, 4) is 0 Å². The third-order valence-corrected chi connectivity index (χ3v) is 2.77. The van der Waals surface area contributed by atoms with Crippen molar-refractivity contribution in [1.29, 1.82) is 0 Å². The Morgan fingerprint density at radius 2 is 1.94 bits per heavy atom. The van der Waals surface area contributed by atoms with Gasteiger partial charge >= 0.3 is 0 Å². The zero-order valence-electron chi connectivity index (χ0n) is 11.4. The lowest BCUT2D eigenvalue weighted by atomic mass is 10.1. The highest BCUT2D eigenvalue weighted by Gasteiger charge is 2.05. The normalized spacial score (nSPS) is 12.0. The fraction of sp³-hybridized carbons (Fsp3) is 0.500. The van der Waals surface area contributed by atoms with Gasteiger partial charge in [-0.25, -0.2) is 0 Å². The molecule has 0 aliphatic rings. The Balaban J connectivity index is 2.42. The lowest BCUT2D eigenvalue weighted by Gasteiger charge is -2.12. The number of nitrogens with two attached hydrogens (primary N) is 1. The second kappa shape index (κ2) is 7.01. The van der Waals surface area contributed by atoms with Crippen LogP contribution in [0.25, 0.3) is 0 Å². The second-order valence-electron chi connectivity index (χ2n) is 4.82. The van der Waals surface area contributed by atoms with E-state index in [0.717, 1.165) is 18.5 Å². The van der Waals surface area contributed by atoms with Gasteiger partial charge in [-0.05, 0) is 44.0 Å². The summed E-state index contributed by atoms with van der Waals surface area (Å²) in [6.45, 7) is 2.65. The van der Waals surface area contributed by atoms with Gasteiger partial charge in [0.25, 0.3) is 5.91 Å². The van der Waals surface area contributed by atoms with Gasteiger partial charge < -0.3 is 16.0 Å². The number of anilines is 1. The van der Waals surface area contributed by atoms with Gasteiger partial charge in [-0.1, -0.05) is 0 Å². The van der Waals surface area contributed by atoms with Gasteiger partial charge in [-0.3, -0.25) is 4.79 Å². The molecule has 0 saturated carbocycles. The molecule has 0 aliphatic heterocycles. The predicted octanol–water partition coefficient (Wildman–Crippen LogP) is 1.61. The molecule has 3 N–H and O–H groups in total. The van der Waals surface area contributed by atoms with Crippen LogP contribution in [0, 0.1) is 0 Å². The summed E-state index contributed by atoms with van der Waals surface area (Å²) in [5.41, 5.74) is 7.43. The topological polar surface area (TPSA) is 58.4 Å². The molecule has 4 nitrogen and oxygen atoms in total. The van der Waals surface area contributed by atoms with E-state index in [1.807, 2.05) is 50.2 Å². The summed E-state index contributed by atoms with van der Waals surface area (Å²) in [5.74, 6) is -0.0232. The highest BCUT2D eigenvalue weighted by atomic mass is 16.1. The first-order valence-electron chi connectivity index (χ1n) is 6.32. The number of hydrogen-bond acceptors (Lipinski definition) is 3. The molecule has 0 aromatic heterocycles. The van der Waals surface area contributed by atoms with Crippen molar-refractivity contribution in [2.45, 2.75) is 25.8 Å². The monoisotopic (exact) mass is 249 g/mol. The average Bonchev–Trinajstić information content (AvgIpc) is 2.34. The lowest BCUT2D eigenvalue weighted by Crippen LogP contribution is -2.26. The van der Waals surface area contributed by atoms with Gasteiger partial charge in [0.15, 0.2) is 0 Å². The summed E-state index contributed by atoms with van der Waals surface area (Å²) >= 11 is 0. The molecule has 1 atom stereocenters. The van der Waals surface area contributed by atoms with Crippen LogP contribution in [-0.4, -0.2) is 32.6 Å². The third kappa shape index (κ3) is 4.75. The molecule has 1 aromatic carbocycles. The molecule has 0 bridgehead atoms. The minimum absolute atomic E-state index is 0.0232. The van der Waals surface area contributed by atoms with E-state index in [9.17, 15) is 4.79 Å². The van der Waals surface area contributed by atoms with Crippen LogP contribution in [0.5, 0.6) is 0 Å². The van der Waals surface area contributed by atoms with E-state index in [2.05, 4.69) is 5.32 Å². The van der Waals surface area contributed by atoms with E-state index in [1.165, 1.54) is 0 Å². The average molecular weight is 249 g/mol. The number of carbonyl (C=O) groups excluding carboxylic acids is 1. The van der Waals surface area contributed by atoms with Crippen LogP contribution < -0.4 is 16.0 Å². The minimum atomic E-state index is -0.0232. The van der Waals surface area contributed by atoms with E-state index in [1.54, 1.807) is 0 Å². The van der Waals surface area contributed by atoms with Crippen LogP contribution in [0.1, 0.15) is 30.1 Å². The van der Waals surface area contributed by atoms with Crippen molar-refractivity contribution >= 4 is 11.6 Å². The maximum absolute atomic E-state index is 11.8. The van der Waals surface area contributed by atoms with Crippen molar-refractivity contribution in [1.82, 2.24) is 5.32 Å². The molecule has 18 heavy (non-hydrogen) atoms. The zero-order chi connectivity index (χ0) is 13.5. The maximum Gasteiger partial charge on any atom is 0.251 e. The summed E-state index contributed by atoms with van der Waals surface area (Å²) in [7, 11) is 3.95. The standard InChI is InChI=1S/C14H23N3O/c1-11(15)5-4-10-16-14(18)12-6-8-13(9-7-12)17(2)3/h6-9,11H,4-5,10,15H2,1-3H3,(H,16,18). The molecule has 0 aliphatic carbocycles. The molecule has 1 aromatic rings. The Morgan fingerprint density at radius 3 is 2.44 bits per heavy atom. The van der Waals surface area contributed by atoms with Gasteiger partial charge in [-0.15, -0.1) is 0 Å². The third-order valence-electron chi connectivity index (χ3n) is 2.77. The van der Waals surface area contributed by atoms with Gasteiger partial charge in [0.2, 0.25) is 0 Å². The number of benzene rings is 1. The zero-order valence-corrected chi connectivity index (χ0v) is 11.4. The van der Waals surface area contributed by atoms with Gasteiger partial charge in [0, 0.05) is 37.9 Å². The van der Waals surface area contributed by atoms with Gasteiger partial charge in [0.05, 0.1) is 0 Å². The van der Waals surface area contributed by atoms with Crippen molar-refractivity contribution in [2.24, 2.45) is 5.73 Å². The Kier molecular flexibility index (Phi) is 5.65. The molecule has 100 valence electrons. The first kappa shape index (κ1) is 14.5. The smallest absolute Gasteiger partial charge is 0.251 e. The summed E-state index contributed by atoms with van der Waals surface area (Å²) < 4.78 is 0. The molecule has 0 spiro atoms. The summed E-state index contributed by atoms with van der Waals surface area (Å²) in [6, 6.07) is 7.77. The Hall–Kier alpha value is -1.55. The van der Waals surface area contributed by atoms with E-state index in [4.69, 9.17) is 5.73 Å². The Bertz CT molecular complexity index is 371. The molecular weight excluding hydrogens is 226 g/mol. The highest BCUT2D eigenvalue weighted by molar-refractivity contribution is 5.94. The molecule has 1 rings (SSSR count). The van der Waals surface area contributed by atoms with Gasteiger partial charge in [-0.2, -0.15) is 0 Å². The highest BCUT2D eigenvalue weighted by Crippen LogP contribution is 2.12. The van der Waals surface area contributed by atoms with Crippen molar-refractivity contribution in [3.63, 3.8) is 0 Å². The number of hydrogen-bond donors (Lipinski definition) is 2. The molecule has 4 heteroatoms. The largest absolute Gasteiger partial charge is 0.378 e. The number of carbonyl (C=O) groups is 1. The van der Waals surface area contributed by atoms with E-state index < -0.39 is 0 Å². The molecule has 1 unspecified atom stereocenters. The quantitative estimate of drug-likeness (QED) is 0.753. The van der Waals surface area contributed by atoms with Crippen LogP contribution in [0.2, 0.25) is 0 Å². The molecule has 0 fully saturated rings. The van der Waals surface area contributed by atoms with Crippen LogP contribution in [0.4, 0.5) is 5.69 Å². The van der Waals surface area contributed by atoms with Crippen LogP contribution >= 0.6 is 0 Å². The van der Waals surface area contributed by atoms with E-state index in [-0.39, 0.29) is 11.9 Å². The second-order valence-corrected chi connectivity index (χ2v) is 4.82. The molecule has 0 radical (unpaired) electrons. The first-order chi connectivity index (χ1) is 8.50. The minimum Gasteiger partial charge on any atom is -0.378 e. The van der Waals surface area contributed by atoms with Crippen molar-refractivity contribution in [2.75, 3.05) is 25.5 Å². The fourth-order valence-electron chi connectivity index (χ4n) is 1.64. The lowest BCUT2D eigenvalue weighted by molar-refractivity contribution is 0.0953. The SMILES string of the molecule is CC(N)CCCNC(=O)c1ccc(N(C)C)cc1. The Morgan fingerprint density at radius 1 is 1.33 bits per heavy atom. The van der Waals surface area contributed by atoms with Gasteiger partial charge in [0.1, 0.15) is 0 Å². The van der Waals surface area contributed by atoms with Crippen molar-refractivity contribution < 1.29 is 4.79 Å².